The van der Waals surface area contributed by atoms with E-state index in [1.54, 1.807) is 12.1 Å². The molecule has 0 aromatic heterocycles. The second-order valence-corrected chi connectivity index (χ2v) is 6.09. The van der Waals surface area contributed by atoms with Crippen molar-refractivity contribution < 1.29 is 14.7 Å². The van der Waals surface area contributed by atoms with Crippen molar-refractivity contribution in [1.82, 2.24) is 4.90 Å². The van der Waals surface area contributed by atoms with Crippen molar-refractivity contribution in [2.75, 3.05) is 11.9 Å². The summed E-state index contributed by atoms with van der Waals surface area (Å²) >= 11 is 15.3. The maximum Gasteiger partial charge on any atom is 0.326 e. The monoisotopic (exact) mass is 380 g/mol. The zero-order valence-electron chi connectivity index (χ0n) is 10.2. The van der Waals surface area contributed by atoms with Crippen LogP contribution in [0.1, 0.15) is 12.8 Å². The Hall–Kier alpha value is -0.980. The fourth-order valence-corrected chi connectivity index (χ4v) is 3.41. The Kier molecular flexibility index (Phi) is 4.78. The first kappa shape index (κ1) is 15.4. The number of carboxylic acids is 1. The third-order valence-electron chi connectivity index (χ3n) is 3.04. The van der Waals surface area contributed by atoms with Crippen LogP contribution in [0.25, 0.3) is 0 Å². The molecule has 20 heavy (non-hydrogen) atoms. The number of halogens is 3. The lowest BCUT2D eigenvalue weighted by atomic mass is 10.2. The topological polar surface area (TPSA) is 69.6 Å². The third kappa shape index (κ3) is 3.19. The van der Waals surface area contributed by atoms with Crippen LogP contribution in [0.15, 0.2) is 16.6 Å². The molecule has 1 atom stereocenters. The Morgan fingerprint density at radius 2 is 1.95 bits per heavy atom. The van der Waals surface area contributed by atoms with Gasteiger partial charge < -0.3 is 15.3 Å². The molecule has 0 unspecified atom stereocenters. The van der Waals surface area contributed by atoms with Crippen LogP contribution in [0.5, 0.6) is 0 Å². The summed E-state index contributed by atoms with van der Waals surface area (Å²) in [6, 6.07) is 1.88. The second-order valence-electron chi connectivity index (χ2n) is 4.36. The van der Waals surface area contributed by atoms with E-state index < -0.39 is 18.0 Å². The maximum absolute atomic E-state index is 12.1. The lowest BCUT2D eigenvalue weighted by molar-refractivity contribution is -0.141. The molecule has 2 amide bonds. The Morgan fingerprint density at radius 1 is 1.35 bits per heavy atom. The molecule has 0 aliphatic carbocycles. The van der Waals surface area contributed by atoms with Gasteiger partial charge >= 0.3 is 12.0 Å². The number of carbonyl (C=O) groups excluding carboxylic acids is 1. The van der Waals surface area contributed by atoms with Crippen molar-refractivity contribution in [3.05, 3.63) is 26.7 Å². The van der Waals surface area contributed by atoms with Crippen LogP contribution in [0.4, 0.5) is 10.5 Å². The molecule has 0 spiro atoms. The van der Waals surface area contributed by atoms with E-state index in [-0.39, 0.29) is 15.7 Å². The molecule has 1 aliphatic rings. The van der Waals surface area contributed by atoms with E-state index in [0.717, 1.165) is 0 Å². The largest absolute Gasteiger partial charge is 0.480 e. The van der Waals surface area contributed by atoms with Gasteiger partial charge in [-0.05, 0) is 25.0 Å². The van der Waals surface area contributed by atoms with Crippen molar-refractivity contribution in [2.45, 2.75) is 18.9 Å². The van der Waals surface area contributed by atoms with Crippen LogP contribution in [-0.4, -0.2) is 34.6 Å². The van der Waals surface area contributed by atoms with Crippen LogP contribution in [0.3, 0.4) is 0 Å². The third-order valence-corrected chi connectivity index (χ3v) is 4.09. The number of carbonyl (C=O) groups is 2. The summed E-state index contributed by atoms with van der Waals surface area (Å²) in [7, 11) is 0. The number of rotatable bonds is 2. The van der Waals surface area contributed by atoms with E-state index in [1.807, 2.05) is 0 Å². The standard InChI is InChI=1S/C12H11BrCl2N2O3/c13-6-4-7(14)10(8(15)5-6)16-12(20)17-3-1-2-9(17)11(18)19/h4-5,9H,1-3H2,(H,16,20)(H,18,19)/t9-/m1/s1. The van der Waals surface area contributed by atoms with Crippen molar-refractivity contribution in [2.24, 2.45) is 0 Å². The van der Waals surface area contributed by atoms with Gasteiger partial charge in [-0.2, -0.15) is 0 Å². The highest BCUT2D eigenvalue weighted by Gasteiger charge is 2.34. The Bertz CT molecular complexity index is 545. The smallest absolute Gasteiger partial charge is 0.326 e. The van der Waals surface area contributed by atoms with Crippen LogP contribution >= 0.6 is 39.1 Å². The minimum atomic E-state index is -1.01. The van der Waals surface area contributed by atoms with Gasteiger partial charge in [0.15, 0.2) is 0 Å². The average molecular weight is 382 g/mol. The Balaban J connectivity index is 2.18. The van der Waals surface area contributed by atoms with Gasteiger partial charge in [-0.15, -0.1) is 0 Å². The van der Waals surface area contributed by atoms with Gasteiger partial charge in [-0.25, -0.2) is 9.59 Å². The van der Waals surface area contributed by atoms with Crippen LogP contribution in [0, 0.1) is 0 Å². The van der Waals surface area contributed by atoms with Gasteiger partial charge in [0, 0.05) is 11.0 Å². The highest BCUT2D eigenvalue weighted by atomic mass is 79.9. The fraction of sp³-hybridized carbons (Fsp3) is 0.333. The maximum atomic E-state index is 12.1. The summed E-state index contributed by atoms with van der Waals surface area (Å²) in [5, 5.41) is 12.2. The molecule has 2 N–H and O–H groups in total. The minimum absolute atomic E-state index is 0.276. The molecular formula is C12H11BrCl2N2O3. The first-order valence-corrected chi connectivity index (χ1v) is 7.40. The van der Waals surface area contributed by atoms with Crippen LogP contribution < -0.4 is 5.32 Å². The van der Waals surface area contributed by atoms with Crippen LogP contribution in [0.2, 0.25) is 10.0 Å². The summed E-state index contributed by atoms with van der Waals surface area (Å²) < 4.78 is 0.690. The number of aliphatic carboxylic acids is 1. The fourth-order valence-electron chi connectivity index (χ4n) is 2.11. The highest BCUT2D eigenvalue weighted by molar-refractivity contribution is 9.10. The average Bonchev–Trinajstić information content (AvgIpc) is 2.82. The first-order valence-electron chi connectivity index (χ1n) is 5.85. The molecule has 2 rings (SSSR count). The molecule has 8 heteroatoms. The zero-order chi connectivity index (χ0) is 14.9. The summed E-state index contributed by atoms with van der Waals surface area (Å²) in [6.45, 7) is 0.397. The summed E-state index contributed by atoms with van der Waals surface area (Å²) in [4.78, 5) is 24.5. The predicted octanol–water partition coefficient (Wildman–Crippen LogP) is 3.84. The molecule has 1 saturated heterocycles. The van der Waals surface area contributed by atoms with E-state index >= 15 is 0 Å². The molecule has 108 valence electrons. The van der Waals surface area contributed by atoms with Gasteiger partial charge in [0.05, 0.1) is 15.7 Å². The number of carboxylic acid groups (broad SMARTS) is 1. The number of anilines is 1. The number of hydrogen-bond donors (Lipinski definition) is 2. The Morgan fingerprint density at radius 3 is 2.50 bits per heavy atom. The van der Waals surface area contributed by atoms with E-state index in [4.69, 9.17) is 28.3 Å². The number of nitrogens with one attached hydrogen (secondary N) is 1. The molecule has 1 aromatic rings. The SMILES string of the molecule is O=C(O)[C@H]1CCCN1C(=O)Nc1c(Cl)cc(Br)cc1Cl. The van der Waals surface area contributed by atoms with Gasteiger partial charge in [0.2, 0.25) is 0 Å². The van der Waals surface area contributed by atoms with Gasteiger partial charge in [-0.3, -0.25) is 0 Å². The lowest BCUT2D eigenvalue weighted by Gasteiger charge is -2.22. The molecule has 1 fully saturated rings. The van der Waals surface area contributed by atoms with E-state index in [9.17, 15) is 9.59 Å². The van der Waals surface area contributed by atoms with Crippen LogP contribution in [-0.2, 0) is 4.79 Å². The quantitative estimate of drug-likeness (QED) is 0.817. The molecule has 0 bridgehead atoms. The van der Waals surface area contributed by atoms with Crippen molar-refractivity contribution in [3.8, 4) is 0 Å². The second kappa shape index (κ2) is 6.20. The van der Waals surface area contributed by atoms with E-state index in [0.29, 0.717) is 23.9 Å². The summed E-state index contributed by atoms with van der Waals surface area (Å²) in [5.74, 6) is -1.01. The van der Waals surface area contributed by atoms with Crippen molar-refractivity contribution >= 4 is 56.8 Å². The Labute approximate surface area is 134 Å². The molecular weight excluding hydrogens is 371 g/mol. The van der Waals surface area contributed by atoms with Gasteiger partial charge in [-0.1, -0.05) is 39.1 Å². The summed E-state index contributed by atoms with van der Waals surface area (Å²) in [6.07, 6.45) is 1.11. The molecule has 1 aromatic carbocycles. The first-order chi connectivity index (χ1) is 9.40. The molecule has 1 aliphatic heterocycles. The molecule has 1 heterocycles. The number of hydrogen-bond acceptors (Lipinski definition) is 2. The van der Waals surface area contributed by atoms with E-state index in [2.05, 4.69) is 21.2 Å². The molecule has 5 nitrogen and oxygen atoms in total. The number of benzene rings is 1. The van der Waals surface area contributed by atoms with E-state index in [1.165, 1.54) is 4.90 Å². The molecule has 0 radical (unpaired) electrons. The predicted molar refractivity (Wildman–Crippen MR) is 80.5 cm³/mol. The van der Waals surface area contributed by atoms with Gasteiger partial charge in [0.1, 0.15) is 6.04 Å². The zero-order valence-corrected chi connectivity index (χ0v) is 13.3. The molecule has 0 saturated carbocycles. The van der Waals surface area contributed by atoms with Crippen molar-refractivity contribution in [1.29, 1.82) is 0 Å². The summed E-state index contributed by atoms with van der Waals surface area (Å²) in [5.41, 5.74) is 0.276. The normalized spacial score (nSPS) is 18.1. The number of amides is 2. The lowest BCUT2D eigenvalue weighted by Crippen LogP contribution is -2.42. The van der Waals surface area contributed by atoms with Crippen molar-refractivity contribution in [3.63, 3.8) is 0 Å². The number of urea groups is 1. The van der Waals surface area contributed by atoms with Gasteiger partial charge in [0.25, 0.3) is 0 Å². The minimum Gasteiger partial charge on any atom is -0.480 e. The number of likely N-dealkylation sites (tertiary alicyclic amines) is 1. The highest BCUT2D eigenvalue weighted by Crippen LogP contribution is 2.34. The number of nitrogens with zero attached hydrogens (tertiary/aromatic N) is 1.